The largest absolute Gasteiger partial charge is 0.456 e. The molecule has 14 aromatic carbocycles. The summed E-state index contributed by atoms with van der Waals surface area (Å²) in [6.07, 6.45) is 0. The predicted octanol–water partition coefficient (Wildman–Crippen LogP) is 29.3. The van der Waals surface area contributed by atoms with Gasteiger partial charge in [-0.05, 0) is 304 Å². The molecule has 5 nitrogen and oxygen atoms in total. The van der Waals surface area contributed by atoms with Crippen molar-refractivity contribution >= 4 is 140 Å². The van der Waals surface area contributed by atoms with Crippen LogP contribution in [0.3, 0.4) is 0 Å². The zero-order valence-electron chi connectivity index (χ0n) is 56.8. The van der Waals surface area contributed by atoms with Gasteiger partial charge in [-0.3, -0.25) is 0 Å². The fourth-order valence-electron chi connectivity index (χ4n) is 13.5. The molecular weight excluding hydrogens is 1890 g/mol. The van der Waals surface area contributed by atoms with E-state index >= 15 is 0 Å². The highest BCUT2D eigenvalue weighted by Gasteiger charge is 2.40. The van der Waals surface area contributed by atoms with Crippen molar-refractivity contribution in [3.8, 4) is 90.9 Å². The van der Waals surface area contributed by atoms with Crippen molar-refractivity contribution in [1.82, 2.24) is 0 Å². The highest BCUT2D eigenvalue weighted by molar-refractivity contribution is 14.1. The van der Waals surface area contributed by atoms with Crippen LogP contribution in [0.15, 0.2) is 320 Å². The Balaban J connectivity index is 0.000000115. The maximum absolute atomic E-state index is 6.31. The fraction of sp³-hybridized carbons (Fsp3) is 0.0989. The van der Waals surface area contributed by atoms with E-state index in [0.29, 0.717) is 0 Å². The van der Waals surface area contributed by atoms with Crippen molar-refractivity contribution in [3.05, 3.63) is 371 Å². The van der Waals surface area contributed by atoms with Crippen molar-refractivity contribution in [2.75, 3.05) is 0 Å². The molecule has 0 amide bonds. The molecule has 0 bridgehead atoms. The van der Waals surface area contributed by atoms with Crippen LogP contribution < -0.4 is 23.7 Å². The van der Waals surface area contributed by atoms with E-state index in [1.165, 1.54) is 77.5 Å². The van der Waals surface area contributed by atoms with Crippen LogP contribution in [0.1, 0.15) is 74.9 Å². The second-order valence-electron chi connectivity index (χ2n) is 26.2. The van der Waals surface area contributed by atoms with Crippen molar-refractivity contribution in [2.24, 2.45) is 0 Å². The van der Waals surface area contributed by atoms with Gasteiger partial charge in [0.15, 0.2) is 0 Å². The Bertz CT molecular complexity index is 5320. The Morgan fingerprint density at radius 2 is 0.569 bits per heavy atom. The molecule has 0 aliphatic heterocycles. The molecular formula is C91H70BrI5O5. The molecule has 3 aliphatic rings. The molecule has 17 rings (SSSR count). The number of ether oxygens (including phenoxy) is 5. The SMILES string of the molecule is Brc1ccccc1Oc1ccccc1I.CC1(C)c2ccccc2-c2c(Oc3ccccc3I)cccc21.CC1(C)c2ccccc2-c2cc(Oc3ccccc3I)ccc21.CC1(C)c2ccccc2-c2cccc(Oc3ccccc3I)c21.Ic1ccccc1Oc1ccc2ccccc2c1. The summed E-state index contributed by atoms with van der Waals surface area (Å²) in [4.78, 5) is 0. The Hall–Kier alpha value is -7.53. The molecule has 102 heavy (non-hydrogen) atoms. The third-order valence-corrected chi connectivity index (χ3v) is 23.6. The lowest BCUT2D eigenvalue weighted by atomic mass is 9.82. The Kier molecular flexibility index (Phi) is 23.0. The number of benzene rings is 14. The number of hydrogen-bond acceptors (Lipinski definition) is 5. The second kappa shape index (κ2) is 32.2. The van der Waals surface area contributed by atoms with Crippen LogP contribution in [0.25, 0.3) is 44.2 Å². The van der Waals surface area contributed by atoms with Crippen LogP contribution in [-0.2, 0) is 16.2 Å². The highest BCUT2D eigenvalue weighted by atomic mass is 127. The molecule has 0 saturated carbocycles. The fourth-order valence-corrected chi connectivity index (χ4v) is 16.3. The van der Waals surface area contributed by atoms with Gasteiger partial charge in [-0.2, -0.15) is 0 Å². The van der Waals surface area contributed by atoms with E-state index in [1.807, 2.05) is 146 Å². The molecule has 0 aromatic heterocycles. The minimum Gasteiger partial charge on any atom is -0.456 e. The maximum Gasteiger partial charge on any atom is 0.141 e. The molecule has 0 spiro atoms. The Labute approximate surface area is 675 Å². The van der Waals surface area contributed by atoms with Gasteiger partial charge in [-0.15, -0.1) is 0 Å². The van der Waals surface area contributed by atoms with E-state index < -0.39 is 0 Å². The summed E-state index contributed by atoms with van der Waals surface area (Å²) in [7, 11) is 0. The normalized spacial score (nSPS) is 12.9. The molecule has 0 radical (unpaired) electrons. The van der Waals surface area contributed by atoms with Gasteiger partial charge in [-0.25, -0.2) is 0 Å². The predicted molar refractivity (Wildman–Crippen MR) is 466 cm³/mol. The molecule has 3 aliphatic carbocycles. The summed E-state index contributed by atoms with van der Waals surface area (Å²) in [5.74, 6) is 8.98. The summed E-state index contributed by atoms with van der Waals surface area (Å²) >= 11 is 14.9. The van der Waals surface area contributed by atoms with Gasteiger partial charge in [0.05, 0.1) is 22.3 Å². The molecule has 11 heteroatoms. The average Bonchev–Trinajstić information content (AvgIpc) is 1.60. The number of halogens is 6. The van der Waals surface area contributed by atoms with Gasteiger partial charge in [0.1, 0.15) is 57.5 Å². The molecule has 0 unspecified atom stereocenters. The number of hydrogen-bond donors (Lipinski definition) is 0. The Morgan fingerprint density at radius 3 is 1.11 bits per heavy atom. The van der Waals surface area contributed by atoms with E-state index in [-0.39, 0.29) is 16.2 Å². The third kappa shape index (κ3) is 15.9. The van der Waals surface area contributed by atoms with Crippen molar-refractivity contribution in [3.63, 3.8) is 0 Å². The van der Waals surface area contributed by atoms with Crippen LogP contribution >= 0.6 is 129 Å². The molecule has 0 heterocycles. The first-order chi connectivity index (χ1) is 49.3. The van der Waals surface area contributed by atoms with Gasteiger partial charge in [0.25, 0.3) is 0 Å². The van der Waals surface area contributed by atoms with Crippen LogP contribution in [0, 0.1) is 17.9 Å². The maximum atomic E-state index is 6.31. The summed E-state index contributed by atoms with van der Waals surface area (Å²) in [5, 5.41) is 2.42. The molecule has 0 saturated heterocycles. The summed E-state index contributed by atoms with van der Waals surface area (Å²) in [6, 6.07) is 108. The van der Waals surface area contributed by atoms with E-state index in [4.69, 9.17) is 23.7 Å². The highest BCUT2D eigenvalue weighted by Crippen LogP contribution is 2.55. The van der Waals surface area contributed by atoms with Gasteiger partial charge < -0.3 is 23.7 Å². The first-order valence-electron chi connectivity index (χ1n) is 33.4. The molecule has 506 valence electrons. The van der Waals surface area contributed by atoms with Crippen LogP contribution in [0.4, 0.5) is 0 Å². The average molecular weight is 1960 g/mol. The topological polar surface area (TPSA) is 46.2 Å². The summed E-state index contributed by atoms with van der Waals surface area (Å²) in [6.45, 7) is 13.7. The number of rotatable bonds is 10. The van der Waals surface area contributed by atoms with E-state index in [0.717, 1.165) is 79.8 Å². The van der Waals surface area contributed by atoms with Crippen molar-refractivity contribution < 1.29 is 23.7 Å². The van der Waals surface area contributed by atoms with E-state index in [2.05, 4.69) is 340 Å². The quantitative estimate of drug-likeness (QED) is 0.128. The zero-order valence-corrected chi connectivity index (χ0v) is 69.2. The minimum atomic E-state index is -0.0528. The van der Waals surface area contributed by atoms with Gasteiger partial charge >= 0.3 is 0 Å². The lowest BCUT2D eigenvalue weighted by molar-refractivity contribution is 0.462. The smallest absolute Gasteiger partial charge is 0.141 e. The summed E-state index contributed by atoms with van der Waals surface area (Å²) in [5.41, 5.74) is 15.8. The van der Waals surface area contributed by atoms with Gasteiger partial charge in [-0.1, -0.05) is 248 Å². The molecule has 0 N–H and O–H groups in total. The van der Waals surface area contributed by atoms with E-state index in [1.54, 1.807) is 0 Å². The molecule has 14 aromatic rings. The minimum absolute atomic E-state index is 0.00907. The number of fused-ring (bicyclic) bond motifs is 10. The zero-order chi connectivity index (χ0) is 71.1. The number of para-hydroxylation sites is 6. The third-order valence-electron chi connectivity index (χ3n) is 18.5. The van der Waals surface area contributed by atoms with Gasteiger partial charge in [0, 0.05) is 27.4 Å². The molecule has 0 atom stereocenters. The van der Waals surface area contributed by atoms with Crippen LogP contribution in [0.2, 0.25) is 0 Å². The second-order valence-corrected chi connectivity index (χ2v) is 32.8. The Morgan fingerprint density at radius 1 is 0.235 bits per heavy atom. The monoisotopic (exact) mass is 1960 g/mol. The lowest BCUT2D eigenvalue weighted by Gasteiger charge is -2.24. The summed E-state index contributed by atoms with van der Waals surface area (Å²) < 4.78 is 36.9. The standard InChI is InChI=1S/3C21H17IO.C16H11IO.C12H8BrIO/c1-21(2)16-10-4-3-8-14(16)15-9-7-13-19(20(15)21)23-18-12-6-5-11-17(18)22;1-21(2)15-9-4-3-8-14(15)20-16(21)10-7-13-19(20)23-18-12-6-5-11-17(18)22;1-21(2)17-8-4-3-7-15(17)16-13-14(11-12-18(16)21)23-20-10-6-5-9-19(20)22;17-15-7-3-4-8-16(15)18-14-10-9-12-5-1-2-6-13(12)11-14;13-9-5-1-3-7-11(9)15-12-8-4-2-6-10(12)14/h3*3-13H,1-2H3;1-11H;1-8H. The van der Waals surface area contributed by atoms with Crippen molar-refractivity contribution in [1.29, 1.82) is 0 Å². The van der Waals surface area contributed by atoms with Crippen LogP contribution in [-0.4, -0.2) is 0 Å². The lowest BCUT2D eigenvalue weighted by Crippen LogP contribution is -2.16. The van der Waals surface area contributed by atoms with E-state index in [9.17, 15) is 0 Å². The first-order valence-corrected chi connectivity index (χ1v) is 39.6. The van der Waals surface area contributed by atoms with Gasteiger partial charge in [0.2, 0.25) is 0 Å². The first kappa shape index (κ1) is 72.8. The van der Waals surface area contributed by atoms with Crippen LogP contribution in [0.5, 0.6) is 57.5 Å². The van der Waals surface area contributed by atoms with Crippen molar-refractivity contribution in [2.45, 2.75) is 57.8 Å². The molecule has 0 fully saturated rings.